The molecule has 3 rings (SSSR count). The van der Waals surface area contributed by atoms with Gasteiger partial charge in [-0.05, 0) is 34.2 Å². The normalized spacial score (nSPS) is 10.7. The Morgan fingerprint density at radius 2 is 2.09 bits per heavy atom. The molecule has 23 heavy (non-hydrogen) atoms. The van der Waals surface area contributed by atoms with Crippen LogP contribution in [0.15, 0.2) is 47.4 Å². The zero-order valence-corrected chi connectivity index (χ0v) is 12.2. The van der Waals surface area contributed by atoms with Gasteiger partial charge in [-0.15, -0.1) is 0 Å². The van der Waals surface area contributed by atoms with Gasteiger partial charge in [0.05, 0.1) is 5.69 Å². The van der Waals surface area contributed by atoms with E-state index in [1.165, 1.54) is 16.5 Å². The number of hydrogen-bond donors (Lipinski definition) is 0. The lowest BCUT2D eigenvalue weighted by molar-refractivity contribution is -0.390. The third-order valence-electron chi connectivity index (χ3n) is 3.15. The predicted molar refractivity (Wildman–Crippen MR) is 81.4 cm³/mol. The molecule has 0 spiro atoms. The molecule has 0 unspecified atom stereocenters. The third-order valence-corrected chi connectivity index (χ3v) is 3.15. The minimum atomic E-state index is -0.606. The van der Waals surface area contributed by atoms with Crippen molar-refractivity contribution >= 4 is 11.5 Å². The van der Waals surface area contributed by atoms with Crippen LogP contribution in [0.4, 0.5) is 5.82 Å². The summed E-state index contributed by atoms with van der Waals surface area (Å²) in [6.07, 6.45) is 1.62. The largest absolute Gasteiger partial charge is 0.479 e. The fourth-order valence-electron chi connectivity index (χ4n) is 2.10. The van der Waals surface area contributed by atoms with Crippen molar-refractivity contribution in [1.29, 1.82) is 0 Å². The van der Waals surface area contributed by atoms with Crippen LogP contribution in [0.1, 0.15) is 11.4 Å². The molecular formula is C15H12N4O4. The van der Waals surface area contributed by atoms with E-state index in [4.69, 9.17) is 4.74 Å². The van der Waals surface area contributed by atoms with Crippen LogP contribution in [0.2, 0.25) is 0 Å². The summed E-state index contributed by atoms with van der Waals surface area (Å²) in [5, 5.41) is 11.0. The highest BCUT2D eigenvalue weighted by Gasteiger charge is 2.18. The van der Waals surface area contributed by atoms with E-state index in [2.05, 4.69) is 9.97 Å². The first-order valence-corrected chi connectivity index (χ1v) is 6.77. The van der Waals surface area contributed by atoms with Gasteiger partial charge in [-0.25, -0.2) is 4.98 Å². The van der Waals surface area contributed by atoms with Crippen LogP contribution in [-0.2, 0) is 6.61 Å². The second-order valence-corrected chi connectivity index (χ2v) is 4.83. The minimum absolute atomic E-state index is 0.0376. The molecule has 0 bridgehead atoms. The van der Waals surface area contributed by atoms with Gasteiger partial charge in [0, 0.05) is 19.2 Å². The number of nitrogens with zero attached hydrogens (tertiary/aromatic N) is 4. The lowest BCUT2D eigenvalue weighted by Crippen LogP contribution is -2.16. The van der Waals surface area contributed by atoms with E-state index in [1.807, 2.05) is 0 Å². The maximum absolute atomic E-state index is 12.0. The molecule has 0 aliphatic carbocycles. The van der Waals surface area contributed by atoms with Crippen molar-refractivity contribution in [3.05, 3.63) is 74.5 Å². The lowest BCUT2D eigenvalue weighted by Gasteiger charge is -2.07. The Morgan fingerprint density at radius 3 is 2.87 bits per heavy atom. The highest BCUT2D eigenvalue weighted by atomic mass is 16.6. The maximum Gasteiger partial charge on any atom is 0.406 e. The van der Waals surface area contributed by atoms with Crippen LogP contribution < -0.4 is 10.3 Å². The number of nitro groups is 1. The number of fused-ring (bicyclic) bond motifs is 1. The molecule has 0 N–H and O–H groups in total. The number of hydrogen-bond acceptors (Lipinski definition) is 6. The molecule has 0 amide bonds. The summed E-state index contributed by atoms with van der Waals surface area (Å²) in [5.41, 5.74) is 1.14. The minimum Gasteiger partial charge on any atom is -0.479 e. The van der Waals surface area contributed by atoms with E-state index in [1.54, 1.807) is 37.4 Å². The summed E-state index contributed by atoms with van der Waals surface area (Å²) in [5.74, 6) is -0.321. The smallest absolute Gasteiger partial charge is 0.406 e. The first-order chi connectivity index (χ1) is 11.0. The van der Waals surface area contributed by atoms with Gasteiger partial charge in [0.25, 0.3) is 5.56 Å². The van der Waals surface area contributed by atoms with E-state index >= 15 is 0 Å². The maximum atomic E-state index is 12.0. The van der Waals surface area contributed by atoms with E-state index in [-0.39, 0.29) is 23.7 Å². The molecule has 8 heteroatoms. The van der Waals surface area contributed by atoms with Gasteiger partial charge < -0.3 is 14.9 Å². The van der Waals surface area contributed by atoms with Crippen molar-refractivity contribution in [1.82, 2.24) is 14.4 Å². The number of aryl methyl sites for hydroxylation is 1. The summed E-state index contributed by atoms with van der Waals surface area (Å²) in [4.78, 5) is 30.5. The molecule has 116 valence electrons. The van der Waals surface area contributed by atoms with Crippen molar-refractivity contribution in [2.45, 2.75) is 13.5 Å². The Labute approximate surface area is 130 Å². The van der Waals surface area contributed by atoms with Gasteiger partial charge in [0.1, 0.15) is 17.9 Å². The summed E-state index contributed by atoms with van der Waals surface area (Å²) in [7, 11) is 0. The van der Waals surface area contributed by atoms with E-state index in [0.29, 0.717) is 17.0 Å². The van der Waals surface area contributed by atoms with Gasteiger partial charge in [-0.2, -0.15) is 0 Å². The molecule has 0 aliphatic heterocycles. The quantitative estimate of drug-likeness (QED) is 0.538. The van der Waals surface area contributed by atoms with Gasteiger partial charge in [0.15, 0.2) is 0 Å². The zero-order valence-electron chi connectivity index (χ0n) is 12.2. The van der Waals surface area contributed by atoms with Crippen molar-refractivity contribution in [2.24, 2.45) is 0 Å². The van der Waals surface area contributed by atoms with Gasteiger partial charge in [0.2, 0.25) is 5.75 Å². The van der Waals surface area contributed by atoms with E-state index in [9.17, 15) is 14.9 Å². The Kier molecular flexibility index (Phi) is 3.71. The van der Waals surface area contributed by atoms with Crippen LogP contribution in [0.3, 0.4) is 0 Å². The van der Waals surface area contributed by atoms with Gasteiger partial charge in [-0.3, -0.25) is 9.20 Å². The van der Waals surface area contributed by atoms with E-state index in [0.717, 1.165) is 0 Å². The summed E-state index contributed by atoms with van der Waals surface area (Å²) >= 11 is 0. The topological polar surface area (TPSA) is 99.6 Å². The highest BCUT2D eigenvalue weighted by molar-refractivity contribution is 5.41. The van der Waals surface area contributed by atoms with Crippen LogP contribution in [0.5, 0.6) is 5.75 Å². The van der Waals surface area contributed by atoms with Crippen LogP contribution in [0, 0.1) is 17.0 Å². The zero-order chi connectivity index (χ0) is 16.4. The van der Waals surface area contributed by atoms with Crippen molar-refractivity contribution in [2.75, 3.05) is 0 Å². The molecule has 0 saturated heterocycles. The summed E-state index contributed by atoms with van der Waals surface area (Å²) in [6, 6.07) is 9.62. The van der Waals surface area contributed by atoms with E-state index < -0.39 is 4.92 Å². The molecule has 0 saturated carbocycles. The standard InChI is InChI=1S/C15H12N4O4/c1-10-5-6-12(15(16-10)19(21)22)23-9-11-8-14(20)18-7-3-2-4-13(18)17-11/h2-8H,9H2,1H3. The number of ether oxygens (including phenoxy) is 1. The molecule has 0 atom stereocenters. The number of pyridine rings is 2. The average molecular weight is 312 g/mol. The van der Waals surface area contributed by atoms with Crippen molar-refractivity contribution < 1.29 is 9.66 Å². The first kappa shape index (κ1) is 14.6. The van der Waals surface area contributed by atoms with Gasteiger partial charge in [-0.1, -0.05) is 6.07 Å². The molecule has 3 aromatic heterocycles. The van der Waals surface area contributed by atoms with Crippen LogP contribution in [-0.4, -0.2) is 19.3 Å². The monoisotopic (exact) mass is 312 g/mol. The fourth-order valence-corrected chi connectivity index (χ4v) is 2.10. The molecule has 3 aromatic rings. The van der Waals surface area contributed by atoms with Crippen molar-refractivity contribution in [3.8, 4) is 5.75 Å². The molecule has 8 nitrogen and oxygen atoms in total. The third kappa shape index (κ3) is 3.00. The van der Waals surface area contributed by atoms with Crippen LogP contribution in [0.25, 0.3) is 5.65 Å². The first-order valence-electron chi connectivity index (χ1n) is 6.77. The molecule has 0 radical (unpaired) electrons. The lowest BCUT2D eigenvalue weighted by atomic mass is 10.3. The fraction of sp³-hybridized carbons (Fsp3) is 0.133. The van der Waals surface area contributed by atoms with Crippen LogP contribution >= 0.6 is 0 Å². The molecular weight excluding hydrogens is 300 g/mol. The second-order valence-electron chi connectivity index (χ2n) is 4.83. The highest BCUT2D eigenvalue weighted by Crippen LogP contribution is 2.25. The molecule has 0 fully saturated rings. The van der Waals surface area contributed by atoms with Crippen molar-refractivity contribution in [3.63, 3.8) is 0 Å². The number of rotatable bonds is 4. The summed E-state index contributed by atoms with van der Waals surface area (Å²) < 4.78 is 6.83. The Balaban J connectivity index is 1.90. The van der Waals surface area contributed by atoms with Gasteiger partial charge >= 0.3 is 5.82 Å². The Bertz CT molecular complexity index is 952. The molecule has 0 aliphatic rings. The average Bonchev–Trinajstić information content (AvgIpc) is 2.53. The number of aromatic nitrogens is 3. The Hall–Kier alpha value is -3.29. The second kappa shape index (κ2) is 5.84. The molecule has 3 heterocycles. The Morgan fingerprint density at radius 1 is 1.26 bits per heavy atom. The molecule has 0 aromatic carbocycles. The summed E-state index contributed by atoms with van der Waals surface area (Å²) in [6.45, 7) is 1.59. The predicted octanol–water partition coefficient (Wildman–Crippen LogP) is 1.89. The SMILES string of the molecule is Cc1ccc(OCc2cc(=O)n3ccccc3n2)c([N+](=O)[O-])n1.